The van der Waals surface area contributed by atoms with Crippen LogP contribution >= 0.6 is 0 Å². The van der Waals surface area contributed by atoms with Crippen molar-refractivity contribution in [3.8, 4) is 0 Å². The molecule has 0 aliphatic carbocycles. The molecular formula is CH6N4O3. The van der Waals surface area contributed by atoms with Gasteiger partial charge in [0.05, 0.1) is 0 Å². The summed E-state index contributed by atoms with van der Waals surface area (Å²) < 4.78 is 0. The summed E-state index contributed by atoms with van der Waals surface area (Å²) >= 11 is 0. The summed E-state index contributed by atoms with van der Waals surface area (Å²) in [6, 6.07) is -1.16. The molecule has 0 aromatic carbocycles. The van der Waals surface area contributed by atoms with E-state index in [2.05, 4.69) is 5.73 Å². The Labute approximate surface area is 44.5 Å². The SMILES string of the molecule is N.NC(=O)N[N+](=O)[O-]. The molecule has 48 valence electrons. The van der Waals surface area contributed by atoms with Crippen molar-refractivity contribution in [3.05, 3.63) is 10.1 Å². The van der Waals surface area contributed by atoms with Gasteiger partial charge in [-0.2, -0.15) is 0 Å². The van der Waals surface area contributed by atoms with Crippen molar-refractivity contribution in [2.75, 3.05) is 0 Å². The quantitative estimate of drug-likeness (QED) is 0.304. The molecule has 0 rings (SSSR count). The summed E-state index contributed by atoms with van der Waals surface area (Å²) in [6.45, 7) is 0. The Hall–Kier alpha value is -1.37. The molecular weight excluding hydrogens is 116 g/mol. The van der Waals surface area contributed by atoms with Gasteiger partial charge in [-0.1, -0.05) is 5.43 Å². The Kier molecular flexibility index (Phi) is 4.67. The van der Waals surface area contributed by atoms with E-state index in [0.717, 1.165) is 0 Å². The van der Waals surface area contributed by atoms with Gasteiger partial charge in [0.25, 0.3) is 0 Å². The van der Waals surface area contributed by atoms with Crippen LogP contribution in [0, 0.1) is 10.1 Å². The lowest BCUT2D eigenvalue weighted by Crippen LogP contribution is -2.33. The minimum atomic E-state index is -1.16. The summed E-state index contributed by atoms with van der Waals surface area (Å²) in [7, 11) is 0. The second-order valence-electron chi connectivity index (χ2n) is 0.733. The first-order valence-corrected chi connectivity index (χ1v) is 1.33. The third kappa shape index (κ3) is 8.82. The van der Waals surface area contributed by atoms with E-state index in [1.165, 1.54) is 5.43 Å². The maximum atomic E-state index is 9.48. The van der Waals surface area contributed by atoms with Crippen molar-refractivity contribution in [1.29, 1.82) is 0 Å². The molecule has 0 saturated heterocycles. The first kappa shape index (κ1) is 9.80. The second-order valence-corrected chi connectivity index (χ2v) is 0.733. The maximum absolute atomic E-state index is 9.48. The smallest absolute Gasteiger partial charge is 0.347 e. The van der Waals surface area contributed by atoms with Gasteiger partial charge in [-0.15, -0.1) is 0 Å². The van der Waals surface area contributed by atoms with Crippen LogP contribution < -0.4 is 17.3 Å². The van der Waals surface area contributed by atoms with Crippen LogP contribution in [0.15, 0.2) is 0 Å². The molecule has 2 amide bonds. The number of rotatable bonds is 1. The van der Waals surface area contributed by atoms with Crippen molar-refractivity contribution < 1.29 is 9.83 Å². The highest BCUT2D eigenvalue weighted by Gasteiger charge is 1.95. The number of carbonyl (C=O) groups excluding carboxylic acids is 1. The molecule has 0 aliphatic heterocycles. The van der Waals surface area contributed by atoms with E-state index in [4.69, 9.17) is 0 Å². The number of hydrogen-bond acceptors (Lipinski definition) is 4. The van der Waals surface area contributed by atoms with E-state index in [9.17, 15) is 14.9 Å². The highest BCUT2D eigenvalue weighted by molar-refractivity contribution is 5.70. The summed E-state index contributed by atoms with van der Waals surface area (Å²) in [4.78, 5) is 18.7. The molecule has 0 radical (unpaired) electrons. The van der Waals surface area contributed by atoms with Gasteiger partial charge in [-0.3, -0.25) is 0 Å². The Morgan fingerprint density at radius 1 is 1.75 bits per heavy atom. The van der Waals surface area contributed by atoms with Crippen LogP contribution in [0.1, 0.15) is 0 Å². The molecule has 0 saturated carbocycles. The second kappa shape index (κ2) is 3.81. The topological polar surface area (TPSA) is 133 Å². The molecule has 0 fully saturated rings. The molecule has 0 bridgehead atoms. The summed E-state index contributed by atoms with van der Waals surface area (Å²) in [5.74, 6) is 0. The Morgan fingerprint density at radius 2 is 2.12 bits per heavy atom. The lowest BCUT2D eigenvalue weighted by molar-refractivity contribution is -0.527. The minimum absolute atomic E-state index is 0. The van der Waals surface area contributed by atoms with Gasteiger partial charge < -0.3 is 11.9 Å². The van der Waals surface area contributed by atoms with E-state index in [1.54, 1.807) is 0 Å². The Morgan fingerprint density at radius 3 is 2.12 bits per heavy atom. The van der Waals surface area contributed by atoms with E-state index in [1.807, 2.05) is 0 Å². The zero-order valence-electron chi connectivity index (χ0n) is 3.96. The van der Waals surface area contributed by atoms with Crippen molar-refractivity contribution >= 4 is 6.03 Å². The number of primary amides is 1. The number of nitrogens with two attached hydrogens (primary N) is 1. The van der Waals surface area contributed by atoms with Gasteiger partial charge in [0.1, 0.15) is 0 Å². The normalized spacial score (nSPS) is 6.50. The van der Waals surface area contributed by atoms with Gasteiger partial charge in [-0.05, 0) is 0 Å². The fraction of sp³-hybridized carbons (Fsp3) is 0. The van der Waals surface area contributed by atoms with Crippen LogP contribution in [0.4, 0.5) is 4.79 Å². The molecule has 0 aromatic rings. The number of amides is 2. The van der Waals surface area contributed by atoms with E-state index < -0.39 is 11.1 Å². The van der Waals surface area contributed by atoms with Crippen LogP contribution in [0.5, 0.6) is 0 Å². The number of nitrogens with zero attached hydrogens (tertiary/aromatic N) is 1. The molecule has 0 heterocycles. The number of carbonyl (C=O) groups is 1. The average Bonchev–Trinajstić information content (AvgIpc) is 1.27. The van der Waals surface area contributed by atoms with Crippen LogP contribution in [0.3, 0.4) is 0 Å². The minimum Gasteiger partial charge on any atom is -0.347 e. The molecule has 0 aliphatic rings. The predicted octanol–water partition coefficient (Wildman–Crippen LogP) is -0.992. The van der Waals surface area contributed by atoms with Crippen LogP contribution in [-0.2, 0) is 0 Å². The Balaban J connectivity index is 0. The van der Waals surface area contributed by atoms with Crippen molar-refractivity contribution in [2.45, 2.75) is 0 Å². The van der Waals surface area contributed by atoms with Crippen LogP contribution in [-0.4, -0.2) is 11.1 Å². The molecule has 0 unspecified atom stereocenters. The number of nitro groups is 1. The van der Waals surface area contributed by atoms with Crippen molar-refractivity contribution in [3.63, 3.8) is 0 Å². The molecule has 8 heavy (non-hydrogen) atoms. The van der Waals surface area contributed by atoms with Crippen LogP contribution in [0.2, 0.25) is 0 Å². The van der Waals surface area contributed by atoms with E-state index in [-0.39, 0.29) is 6.15 Å². The molecule has 0 atom stereocenters. The fourth-order valence-electron chi connectivity index (χ4n) is 0.0900. The van der Waals surface area contributed by atoms with Gasteiger partial charge in [0, 0.05) is 0 Å². The highest BCUT2D eigenvalue weighted by atomic mass is 16.7. The largest absolute Gasteiger partial charge is 0.370 e. The lowest BCUT2D eigenvalue weighted by Gasteiger charge is -1.83. The van der Waals surface area contributed by atoms with Crippen molar-refractivity contribution in [1.82, 2.24) is 11.6 Å². The summed E-state index contributed by atoms with van der Waals surface area (Å²) in [5, 5.41) is 8.18. The number of nitrogens with one attached hydrogen (secondary N) is 1. The Bertz CT molecular complexity index is 87.5. The van der Waals surface area contributed by atoms with E-state index >= 15 is 0 Å². The number of hydrazine groups is 1. The summed E-state index contributed by atoms with van der Waals surface area (Å²) in [6.07, 6.45) is 0. The lowest BCUT2D eigenvalue weighted by atomic mass is 11.2. The van der Waals surface area contributed by atoms with Gasteiger partial charge in [-0.25, -0.2) is 14.9 Å². The monoisotopic (exact) mass is 122 g/mol. The zero-order valence-corrected chi connectivity index (χ0v) is 3.96. The van der Waals surface area contributed by atoms with Gasteiger partial charge in [0.2, 0.25) is 0 Å². The summed E-state index contributed by atoms with van der Waals surface area (Å²) in [5.41, 5.74) is 5.47. The molecule has 6 N–H and O–H groups in total. The maximum Gasteiger partial charge on any atom is 0.370 e. The fourth-order valence-corrected chi connectivity index (χ4v) is 0.0900. The van der Waals surface area contributed by atoms with Gasteiger partial charge >= 0.3 is 6.03 Å². The molecule has 0 aromatic heterocycles. The van der Waals surface area contributed by atoms with E-state index in [0.29, 0.717) is 0 Å². The molecule has 0 spiro atoms. The molecule has 7 nitrogen and oxygen atoms in total. The highest BCUT2D eigenvalue weighted by Crippen LogP contribution is 1.53. The van der Waals surface area contributed by atoms with Crippen molar-refractivity contribution in [2.24, 2.45) is 5.73 Å². The third-order valence-electron chi connectivity index (χ3n) is 0.201. The average molecular weight is 122 g/mol. The van der Waals surface area contributed by atoms with Crippen LogP contribution in [0.25, 0.3) is 0 Å². The van der Waals surface area contributed by atoms with Gasteiger partial charge in [0.15, 0.2) is 5.03 Å². The predicted molar refractivity (Wildman–Crippen MR) is 24.7 cm³/mol. The first-order chi connectivity index (χ1) is 3.13. The standard InChI is InChI=1S/CH3N3O3.H3N/c2-1(5)3-4(6)7;/h(H3,2,3,5);1H3. The third-order valence-corrected chi connectivity index (χ3v) is 0.201. The first-order valence-electron chi connectivity index (χ1n) is 1.33. The number of hydrogen-bond donors (Lipinski definition) is 3. The number of urea groups is 1. The zero-order chi connectivity index (χ0) is 5.86. The molecule has 7 heteroatoms.